The van der Waals surface area contributed by atoms with Crippen molar-refractivity contribution in [1.82, 2.24) is 4.72 Å². The number of aliphatic hydroxyl groups excluding tert-OH is 1. The van der Waals surface area contributed by atoms with E-state index in [4.69, 9.17) is 0 Å². The van der Waals surface area contributed by atoms with Gasteiger partial charge in [-0.25, -0.2) is 13.1 Å². The molecule has 0 aliphatic rings. The van der Waals surface area contributed by atoms with Crippen LogP contribution in [0.3, 0.4) is 0 Å². The predicted octanol–water partition coefficient (Wildman–Crippen LogP) is 2.90. The van der Waals surface area contributed by atoms with Gasteiger partial charge in [0.15, 0.2) is 0 Å². The molecule has 9 heteroatoms. The number of hydrogen-bond acceptors (Lipinski definition) is 5. The van der Waals surface area contributed by atoms with E-state index in [-0.39, 0.29) is 24.5 Å². The smallest absolute Gasteiger partial charge is 0.269 e. The van der Waals surface area contributed by atoms with Gasteiger partial charge < -0.3 is 5.11 Å². The van der Waals surface area contributed by atoms with Gasteiger partial charge in [0.05, 0.1) is 10.7 Å². The highest BCUT2D eigenvalue weighted by molar-refractivity contribution is 9.10. The molecule has 0 radical (unpaired) electrons. The molecule has 0 spiro atoms. The molecule has 0 saturated carbocycles. The first-order valence-corrected chi connectivity index (χ1v) is 9.85. The van der Waals surface area contributed by atoms with Gasteiger partial charge in [0.1, 0.15) is 0 Å². The summed E-state index contributed by atoms with van der Waals surface area (Å²) in [5, 5.41) is 20.1. The maximum atomic E-state index is 12.5. The Hall–Kier alpha value is -1.81. The number of nitro benzene ring substituents is 1. The fourth-order valence-electron chi connectivity index (χ4n) is 2.40. The number of non-ortho nitro benzene ring substituents is 1. The molecular weight excluding hydrogens is 412 g/mol. The van der Waals surface area contributed by atoms with Crippen LogP contribution in [0, 0.1) is 10.1 Å². The molecule has 2 aromatic carbocycles. The average molecular weight is 429 g/mol. The quantitative estimate of drug-likeness (QED) is 0.496. The second-order valence-corrected chi connectivity index (χ2v) is 8.00. The van der Waals surface area contributed by atoms with Gasteiger partial charge in [0.25, 0.3) is 5.69 Å². The zero-order chi connectivity index (χ0) is 18.4. The second-order valence-electron chi connectivity index (χ2n) is 5.39. The number of rotatable bonds is 8. The zero-order valence-electron chi connectivity index (χ0n) is 13.1. The summed E-state index contributed by atoms with van der Waals surface area (Å²) in [6, 6.07) is 12.0. The number of benzene rings is 2. The summed E-state index contributed by atoms with van der Waals surface area (Å²) < 4.78 is 28.2. The Morgan fingerprint density at radius 1 is 1.20 bits per heavy atom. The number of aliphatic hydroxyl groups is 1. The number of sulfonamides is 1. The molecular formula is C16H17BrN2O5S. The van der Waals surface area contributed by atoms with Crippen molar-refractivity contribution < 1.29 is 18.4 Å². The minimum atomic E-state index is -3.77. The molecule has 0 saturated heterocycles. The molecule has 0 aliphatic heterocycles. The Kier molecular flexibility index (Phi) is 6.65. The van der Waals surface area contributed by atoms with Crippen LogP contribution >= 0.6 is 15.9 Å². The standard InChI is InChI=1S/C16H17BrN2O5S/c17-15-7-2-1-6-14(15)16(8-9-20)18-25(23,24)11-12-4-3-5-13(10-12)19(21)22/h1-7,10,16,18,20H,8-9,11H2. The minimum absolute atomic E-state index is 0.162. The lowest BCUT2D eigenvalue weighted by atomic mass is 10.1. The first kappa shape index (κ1) is 19.5. The summed E-state index contributed by atoms with van der Waals surface area (Å²) >= 11 is 3.38. The molecule has 1 unspecified atom stereocenters. The normalized spacial score (nSPS) is 12.7. The third-order valence-corrected chi connectivity index (χ3v) is 5.58. The van der Waals surface area contributed by atoms with Gasteiger partial charge in [0, 0.05) is 29.3 Å². The predicted molar refractivity (Wildman–Crippen MR) is 97.4 cm³/mol. The van der Waals surface area contributed by atoms with E-state index < -0.39 is 21.0 Å². The van der Waals surface area contributed by atoms with Crippen LogP contribution in [0.1, 0.15) is 23.6 Å². The Bertz CT molecular complexity index is 857. The number of nitrogens with zero attached hydrogens (tertiary/aromatic N) is 1. The number of nitro groups is 1. The van der Waals surface area contributed by atoms with Gasteiger partial charge >= 0.3 is 0 Å². The highest BCUT2D eigenvalue weighted by Crippen LogP contribution is 2.26. The maximum absolute atomic E-state index is 12.5. The van der Waals surface area contributed by atoms with Crippen molar-refractivity contribution in [2.45, 2.75) is 18.2 Å². The molecule has 0 aliphatic carbocycles. The largest absolute Gasteiger partial charge is 0.396 e. The van der Waals surface area contributed by atoms with Crippen LogP contribution < -0.4 is 4.72 Å². The van der Waals surface area contributed by atoms with Crippen molar-refractivity contribution in [2.75, 3.05) is 6.61 Å². The summed E-state index contributed by atoms with van der Waals surface area (Å²) in [5.41, 5.74) is 0.862. The van der Waals surface area contributed by atoms with Gasteiger partial charge in [-0.1, -0.05) is 46.3 Å². The first-order chi connectivity index (χ1) is 11.8. The van der Waals surface area contributed by atoms with E-state index in [0.717, 1.165) is 4.47 Å². The Balaban J connectivity index is 2.22. The molecule has 0 fully saturated rings. The SMILES string of the molecule is O=[N+]([O-])c1cccc(CS(=O)(=O)NC(CCO)c2ccccc2Br)c1. The number of nitrogens with one attached hydrogen (secondary N) is 1. The number of hydrogen-bond donors (Lipinski definition) is 2. The molecule has 134 valence electrons. The van der Waals surface area contributed by atoms with E-state index in [1.807, 2.05) is 0 Å². The molecule has 2 aromatic rings. The van der Waals surface area contributed by atoms with E-state index in [0.29, 0.717) is 11.1 Å². The second kappa shape index (κ2) is 8.52. The average Bonchev–Trinajstić information content (AvgIpc) is 2.54. The lowest BCUT2D eigenvalue weighted by Crippen LogP contribution is -2.30. The van der Waals surface area contributed by atoms with Gasteiger partial charge in [-0.3, -0.25) is 10.1 Å². The van der Waals surface area contributed by atoms with E-state index in [2.05, 4.69) is 20.7 Å². The molecule has 25 heavy (non-hydrogen) atoms. The lowest BCUT2D eigenvalue weighted by Gasteiger charge is -2.19. The van der Waals surface area contributed by atoms with E-state index in [1.54, 1.807) is 24.3 Å². The van der Waals surface area contributed by atoms with Crippen molar-refractivity contribution >= 4 is 31.6 Å². The summed E-state index contributed by atoms with van der Waals surface area (Å²) in [6.07, 6.45) is 0.205. The number of halogens is 1. The summed E-state index contributed by atoms with van der Waals surface area (Å²) in [5.74, 6) is -0.388. The Labute approximate surface area is 154 Å². The molecule has 2 rings (SSSR count). The van der Waals surface area contributed by atoms with Crippen molar-refractivity contribution in [3.8, 4) is 0 Å². The van der Waals surface area contributed by atoms with Crippen LogP contribution in [0.15, 0.2) is 53.0 Å². The first-order valence-electron chi connectivity index (χ1n) is 7.41. The highest BCUT2D eigenvalue weighted by Gasteiger charge is 2.22. The molecule has 0 heterocycles. The zero-order valence-corrected chi connectivity index (χ0v) is 15.5. The molecule has 0 aromatic heterocycles. The van der Waals surface area contributed by atoms with Crippen LogP contribution in [0.5, 0.6) is 0 Å². The van der Waals surface area contributed by atoms with Crippen LogP contribution in [-0.4, -0.2) is 25.1 Å². The van der Waals surface area contributed by atoms with Gasteiger partial charge in [0.2, 0.25) is 10.0 Å². The third-order valence-electron chi connectivity index (χ3n) is 3.50. The summed E-state index contributed by atoms with van der Waals surface area (Å²) in [7, 11) is -3.77. The van der Waals surface area contributed by atoms with E-state index >= 15 is 0 Å². The van der Waals surface area contributed by atoms with Crippen LogP contribution in [0.4, 0.5) is 5.69 Å². The van der Waals surface area contributed by atoms with Crippen LogP contribution in [-0.2, 0) is 15.8 Å². The maximum Gasteiger partial charge on any atom is 0.269 e. The minimum Gasteiger partial charge on any atom is -0.396 e. The summed E-state index contributed by atoms with van der Waals surface area (Å²) in [4.78, 5) is 10.2. The van der Waals surface area contributed by atoms with E-state index in [1.165, 1.54) is 24.3 Å². The van der Waals surface area contributed by atoms with Gasteiger partial charge in [-0.05, 0) is 23.6 Å². The van der Waals surface area contributed by atoms with Crippen molar-refractivity contribution in [3.63, 3.8) is 0 Å². The van der Waals surface area contributed by atoms with Crippen molar-refractivity contribution in [2.24, 2.45) is 0 Å². The van der Waals surface area contributed by atoms with Crippen molar-refractivity contribution in [1.29, 1.82) is 0 Å². The highest BCUT2D eigenvalue weighted by atomic mass is 79.9. The van der Waals surface area contributed by atoms with Crippen LogP contribution in [0.25, 0.3) is 0 Å². The Morgan fingerprint density at radius 3 is 2.56 bits per heavy atom. The molecule has 7 nitrogen and oxygen atoms in total. The monoisotopic (exact) mass is 428 g/mol. The van der Waals surface area contributed by atoms with Crippen LogP contribution in [0.2, 0.25) is 0 Å². The fraction of sp³-hybridized carbons (Fsp3) is 0.250. The molecule has 2 N–H and O–H groups in total. The third kappa shape index (κ3) is 5.60. The molecule has 1 atom stereocenters. The van der Waals surface area contributed by atoms with Gasteiger partial charge in [-0.15, -0.1) is 0 Å². The summed E-state index contributed by atoms with van der Waals surface area (Å²) in [6.45, 7) is -0.189. The Morgan fingerprint density at radius 2 is 1.92 bits per heavy atom. The van der Waals surface area contributed by atoms with E-state index in [9.17, 15) is 23.6 Å². The van der Waals surface area contributed by atoms with Gasteiger partial charge in [-0.2, -0.15) is 0 Å². The van der Waals surface area contributed by atoms with Crippen molar-refractivity contribution in [3.05, 3.63) is 74.2 Å². The molecule has 0 amide bonds. The fourth-order valence-corrected chi connectivity index (χ4v) is 4.34. The lowest BCUT2D eigenvalue weighted by molar-refractivity contribution is -0.384. The topological polar surface area (TPSA) is 110 Å². The molecule has 0 bridgehead atoms.